The molecule has 10 heteroatoms. The van der Waals surface area contributed by atoms with E-state index >= 15 is 0 Å². The molecule has 3 rings (SSSR count). The van der Waals surface area contributed by atoms with Crippen LogP contribution in [0, 0.1) is 17.5 Å². The molecule has 0 aromatic heterocycles. The van der Waals surface area contributed by atoms with Crippen molar-refractivity contribution in [2.24, 2.45) is 5.73 Å². The molecule has 2 fully saturated rings. The van der Waals surface area contributed by atoms with Crippen molar-refractivity contribution < 1.29 is 27.6 Å². The highest BCUT2D eigenvalue weighted by Gasteiger charge is 2.46. The van der Waals surface area contributed by atoms with E-state index in [0.717, 1.165) is 6.42 Å². The summed E-state index contributed by atoms with van der Waals surface area (Å²) in [5.74, 6) is -5.42. The normalized spacial score (nSPS) is 24.1. The highest BCUT2D eigenvalue weighted by atomic mass is 19.2. The maximum atomic E-state index is 13.8. The topological polar surface area (TPSA) is 105 Å². The van der Waals surface area contributed by atoms with Gasteiger partial charge in [-0.15, -0.1) is 0 Å². The van der Waals surface area contributed by atoms with Crippen LogP contribution >= 0.6 is 0 Å². The van der Waals surface area contributed by atoms with Crippen molar-refractivity contribution in [2.75, 3.05) is 13.1 Å². The fraction of sp³-hybridized carbons (Fsp3) is 0.500. The third-order valence-electron chi connectivity index (χ3n) is 5.04. The van der Waals surface area contributed by atoms with Gasteiger partial charge >= 0.3 is 0 Å². The van der Waals surface area contributed by atoms with Gasteiger partial charge in [0.05, 0.1) is 5.56 Å². The number of unbranched alkanes of at least 4 members (excludes halogenated alkanes) is 1. The number of carbonyl (C=O) groups excluding carboxylic acids is 3. The standard InChI is InChI=1S/C18H21F3N4O3/c19-11-7-13(21)12(20)6-10(11)16(26)23-9-5-15-17(27)24-14(3-1-2-4-22)18(28)25(15)8-9/h6-7,9,14-15H,1-5,8,22H2,(H,23,26)(H,24,27)/t9-,14-,15-/m0/s1. The van der Waals surface area contributed by atoms with Crippen LogP contribution in [-0.4, -0.2) is 53.8 Å². The van der Waals surface area contributed by atoms with Crippen molar-refractivity contribution in [3.05, 3.63) is 35.1 Å². The zero-order chi connectivity index (χ0) is 20.4. The van der Waals surface area contributed by atoms with E-state index in [9.17, 15) is 27.6 Å². The summed E-state index contributed by atoms with van der Waals surface area (Å²) in [5, 5.41) is 5.18. The number of benzene rings is 1. The van der Waals surface area contributed by atoms with Crippen molar-refractivity contribution >= 4 is 17.7 Å². The van der Waals surface area contributed by atoms with Crippen molar-refractivity contribution in [3.8, 4) is 0 Å². The smallest absolute Gasteiger partial charge is 0.254 e. The lowest BCUT2D eigenvalue weighted by molar-refractivity contribution is -0.147. The Balaban J connectivity index is 1.66. The molecule has 3 amide bonds. The first-order chi connectivity index (χ1) is 13.3. The molecule has 1 aromatic rings. The van der Waals surface area contributed by atoms with E-state index in [-0.39, 0.29) is 24.8 Å². The van der Waals surface area contributed by atoms with Crippen LogP contribution in [0.1, 0.15) is 36.0 Å². The summed E-state index contributed by atoms with van der Waals surface area (Å²) >= 11 is 0. The number of nitrogens with zero attached hydrogens (tertiary/aromatic N) is 1. The Morgan fingerprint density at radius 3 is 2.61 bits per heavy atom. The average molecular weight is 398 g/mol. The van der Waals surface area contributed by atoms with E-state index in [0.29, 0.717) is 31.5 Å². The van der Waals surface area contributed by atoms with Gasteiger partial charge in [0.25, 0.3) is 5.91 Å². The van der Waals surface area contributed by atoms with Gasteiger partial charge < -0.3 is 21.3 Å². The quantitative estimate of drug-likeness (QED) is 0.478. The molecule has 2 aliphatic rings. The van der Waals surface area contributed by atoms with Crippen molar-refractivity contribution in [3.63, 3.8) is 0 Å². The molecule has 0 radical (unpaired) electrons. The Hall–Kier alpha value is -2.62. The van der Waals surface area contributed by atoms with Gasteiger partial charge in [0.2, 0.25) is 11.8 Å². The number of amides is 3. The second-order valence-corrected chi connectivity index (χ2v) is 7.00. The number of nitrogens with one attached hydrogen (secondary N) is 2. The minimum atomic E-state index is -1.39. The molecule has 2 heterocycles. The Morgan fingerprint density at radius 2 is 1.89 bits per heavy atom. The van der Waals surface area contributed by atoms with Crippen molar-refractivity contribution in [2.45, 2.75) is 43.8 Å². The lowest BCUT2D eigenvalue weighted by Gasteiger charge is -2.34. The summed E-state index contributed by atoms with van der Waals surface area (Å²) < 4.78 is 40.1. The zero-order valence-corrected chi connectivity index (χ0v) is 15.0. The molecular formula is C18H21F3N4O3. The predicted octanol–water partition coefficient (Wildman–Crippen LogP) is 0.431. The third kappa shape index (κ3) is 3.96. The molecule has 2 aliphatic heterocycles. The van der Waals surface area contributed by atoms with E-state index in [1.165, 1.54) is 4.90 Å². The van der Waals surface area contributed by atoms with Crippen molar-refractivity contribution in [1.82, 2.24) is 15.5 Å². The second-order valence-electron chi connectivity index (χ2n) is 7.00. The molecule has 0 aliphatic carbocycles. The zero-order valence-electron chi connectivity index (χ0n) is 15.0. The fourth-order valence-corrected chi connectivity index (χ4v) is 3.61. The molecule has 0 saturated carbocycles. The van der Waals surface area contributed by atoms with Crippen LogP contribution in [0.4, 0.5) is 13.2 Å². The minimum absolute atomic E-state index is 0.0847. The molecule has 0 bridgehead atoms. The van der Waals surface area contributed by atoms with Gasteiger partial charge in [-0.3, -0.25) is 14.4 Å². The van der Waals surface area contributed by atoms with Gasteiger partial charge in [-0.1, -0.05) is 0 Å². The number of piperazine rings is 1. The molecule has 152 valence electrons. The van der Waals surface area contributed by atoms with Gasteiger partial charge in [0.15, 0.2) is 11.6 Å². The summed E-state index contributed by atoms with van der Waals surface area (Å²) in [6.07, 6.45) is 2.06. The Morgan fingerprint density at radius 1 is 1.18 bits per heavy atom. The summed E-state index contributed by atoms with van der Waals surface area (Å²) in [6, 6.07) is -1.19. The first-order valence-electron chi connectivity index (χ1n) is 9.08. The first-order valence-corrected chi connectivity index (χ1v) is 9.08. The van der Waals surface area contributed by atoms with E-state index in [1.807, 2.05) is 0 Å². The van der Waals surface area contributed by atoms with E-state index in [1.54, 1.807) is 0 Å². The lowest BCUT2D eigenvalue weighted by Crippen LogP contribution is -2.61. The van der Waals surface area contributed by atoms with Crippen LogP contribution in [0.3, 0.4) is 0 Å². The number of hydrogen-bond acceptors (Lipinski definition) is 4. The molecule has 1 aromatic carbocycles. The number of fused-ring (bicyclic) bond motifs is 1. The van der Waals surface area contributed by atoms with Crippen LogP contribution in [-0.2, 0) is 9.59 Å². The summed E-state index contributed by atoms with van der Waals surface area (Å²) in [5.41, 5.74) is 4.80. The molecule has 3 atom stereocenters. The minimum Gasteiger partial charge on any atom is -0.347 e. The monoisotopic (exact) mass is 398 g/mol. The SMILES string of the molecule is NCCCC[C@@H]1NC(=O)[C@@H]2C[C@H](NC(=O)c3cc(F)c(F)cc3F)CN2C1=O. The molecule has 28 heavy (non-hydrogen) atoms. The predicted molar refractivity (Wildman–Crippen MR) is 92.5 cm³/mol. The second kappa shape index (κ2) is 8.17. The van der Waals surface area contributed by atoms with E-state index < -0.39 is 47.0 Å². The van der Waals surface area contributed by atoms with Crippen LogP contribution in [0.15, 0.2) is 12.1 Å². The van der Waals surface area contributed by atoms with Gasteiger partial charge in [-0.25, -0.2) is 13.2 Å². The molecule has 0 unspecified atom stereocenters. The molecular weight excluding hydrogens is 377 g/mol. The number of carbonyl (C=O) groups is 3. The lowest BCUT2D eigenvalue weighted by atomic mass is 10.0. The molecule has 0 spiro atoms. The summed E-state index contributed by atoms with van der Waals surface area (Å²) in [7, 11) is 0. The van der Waals surface area contributed by atoms with E-state index in [2.05, 4.69) is 10.6 Å². The Bertz CT molecular complexity index is 805. The van der Waals surface area contributed by atoms with E-state index in [4.69, 9.17) is 5.73 Å². The fourth-order valence-electron chi connectivity index (χ4n) is 3.61. The third-order valence-corrected chi connectivity index (χ3v) is 5.04. The maximum Gasteiger partial charge on any atom is 0.254 e. The van der Waals surface area contributed by atoms with Gasteiger partial charge in [0.1, 0.15) is 17.9 Å². The maximum absolute atomic E-state index is 13.8. The van der Waals surface area contributed by atoms with Crippen LogP contribution in [0.25, 0.3) is 0 Å². The summed E-state index contributed by atoms with van der Waals surface area (Å²) in [6.45, 7) is 0.581. The number of halogens is 3. The summed E-state index contributed by atoms with van der Waals surface area (Å²) in [4.78, 5) is 38.5. The highest BCUT2D eigenvalue weighted by molar-refractivity contribution is 5.98. The molecule has 7 nitrogen and oxygen atoms in total. The Labute approximate surface area is 159 Å². The van der Waals surface area contributed by atoms with Crippen molar-refractivity contribution in [1.29, 1.82) is 0 Å². The number of rotatable bonds is 6. The van der Waals surface area contributed by atoms with Gasteiger partial charge in [-0.05, 0) is 38.3 Å². The molecule has 4 N–H and O–H groups in total. The average Bonchev–Trinajstić information content (AvgIpc) is 3.07. The van der Waals surface area contributed by atoms with Crippen LogP contribution in [0.5, 0.6) is 0 Å². The van der Waals surface area contributed by atoms with Gasteiger partial charge in [0, 0.05) is 18.7 Å². The Kier molecular flexibility index (Phi) is 5.87. The largest absolute Gasteiger partial charge is 0.347 e. The van der Waals surface area contributed by atoms with Gasteiger partial charge in [-0.2, -0.15) is 0 Å². The number of hydrogen-bond donors (Lipinski definition) is 3. The highest BCUT2D eigenvalue weighted by Crippen LogP contribution is 2.25. The number of nitrogens with two attached hydrogens (primary N) is 1. The van der Waals surface area contributed by atoms with Crippen LogP contribution < -0.4 is 16.4 Å². The molecule has 2 saturated heterocycles. The van der Waals surface area contributed by atoms with Crippen LogP contribution in [0.2, 0.25) is 0 Å². The first kappa shape index (κ1) is 20.1.